The molecule has 25 heavy (non-hydrogen) atoms. The van der Waals surface area contributed by atoms with E-state index in [1.165, 1.54) is 20.9 Å². The fourth-order valence-electron chi connectivity index (χ4n) is 3.87. The lowest BCUT2D eigenvalue weighted by Gasteiger charge is -2.29. The van der Waals surface area contributed by atoms with Crippen molar-refractivity contribution in [3.05, 3.63) is 59.7 Å². The third kappa shape index (κ3) is 2.81. The molecule has 0 aliphatic carbocycles. The topological polar surface area (TPSA) is 51.0 Å². The molecule has 1 unspecified atom stereocenters. The fraction of sp³-hybridized carbons (Fsp3) is 0.300. The summed E-state index contributed by atoms with van der Waals surface area (Å²) in [7, 11) is 1.57. The number of methoxy groups -OCH3 is 1. The number of carbonyl (C=O) groups is 2. The summed E-state index contributed by atoms with van der Waals surface area (Å²) in [6, 6.07) is 15.2. The van der Waals surface area contributed by atoms with Gasteiger partial charge in [0.05, 0.1) is 25.8 Å². The Morgan fingerprint density at radius 2 is 1.88 bits per heavy atom. The number of anilines is 1. The van der Waals surface area contributed by atoms with E-state index in [0.717, 1.165) is 19.5 Å². The highest BCUT2D eigenvalue weighted by atomic mass is 16.5. The second-order valence-electron chi connectivity index (χ2n) is 6.63. The van der Waals surface area contributed by atoms with Crippen LogP contribution in [0.5, 0.6) is 5.75 Å². The van der Waals surface area contributed by atoms with E-state index in [1.807, 2.05) is 6.07 Å². The Morgan fingerprint density at radius 1 is 1.08 bits per heavy atom. The summed E-state index contributed by atoms with van der Waals surface area (Å²) in [5.41, 5.74) is 3.23. The number of quaternary nitrogens is 1. The summed E-state index contributed by atoms with van der Waals surface area (Å²) in [6.07, 6.45) is 1.22. The van der Waals surface area contributed by atoms with Crippen molar-refractivity contribution in [2.24, 2.45) is 0 Å². The monoisotopic (exact) mass is 337 g/mol. The molecule has 0 spiro atoms. The number of hydrogen-bond acceptors (Lipinski definition) is 3. The van der Waals surface area contributed by atoms with Crippen LogP contribution < -0.4 is 14.5 Å². The van der Waals surface area contributed by atoms with Crippen molar-refractivity contribution in [3.8, 4) is 5.75 Å². The summed E-state index contributed by atoms with van der Waals surface area (Å²) in [6.45, 7) is 1.68. The minimum atomic E-state index is -0.299. The van der Waals surface area contributed by atoms with Gasteiger partial charge in [0.15, 0.2) is 6.04 Å². The Bertz CT molecular complexity index is 833. The minimum Gasteiger partial charge on any atom is -0.497 e. The molecule has 5 nitrogen and oxygen atoms in total. The van der Waals surface area contributed by atoms with Crippen LogP contribution in [-0.4, -0.2) is 31.5 Å². The number of ether oxygens (including phenoxy) is 1. The van der Waals surface area contributed by atoms with Crippen LogP contribution >= 0.6 is 0 Å². The third-order valence-corrected chi connectivity index (χ3v) is 5.20. The molecule has 0 bridgehead atoms. The molecule has 2 amide bonds. The van der Waals surface area contributed by atoms with Gasteiger partial charge in [0.1, 0.15) is 12.3 Å². The molecular formula is C20H21N2O3+. The molecule has 0 saturated carbocycles. The number of benzene rings is 2. The van der Waals surface area contributed by atoms with E-state index >= 15 is 0 Å². The van der Waals surface area contributed by atoms with E-state index in [4.69, 9.17) is 4.74 Å². The highest BCUT2D eigenvalue weighted by Crippen LogP contribution is 2.26. The molecular weight excluding hydrogens is 316 g/mol. The lowest BCUT2D eigenvalue weighted by molar-refractivity contribution is -0.930. The van der Waals surface area contributed by atoms with Gasteiger partial charge in [-0.15, -0.1) is 0 Å². The highest BCUT2D eigenvalue weighted by Gasteiger charge is 2.46. The van der Waals surface area contributed by atoms with Gasteiger partial charge in [0, 0.05) is 18.1 Å². The molecule has 2 heterocycles. The predicted molar refractivity (Wildman–Crippen MR) is 93.6 cm³/mol. The Balaban J connectivity index is 1.57. The summed E-state index contributed by atoms with van der Waals surface area (Å²) in [5, 5.41) is 0. The van der Waals surface area contributed by atoms with E-state index in [2.05, 4.69) is 18.2 Å². The fourth-order valence-corrected chi connectivity index (χ4v) is 3.87. The normalized spacial score (nSPS) is 22.8. The summed E-state index contributed by atoms with van der Waals surface area (Å²) < 4.78 is 5.21. The Hall–Kier alpha value is -2.66. The molecule has 1 saturated heterocycles. The average molecular weight is 337 g/mol. The third-order valence-electron chi connectivity index (χ3n) is 5.20. The van der Waals surface area contributed by atoms with Crippen LogP contribution in [0.4, 0.5) is 5.69 Å². The number of imide groups is 1. The summed E-state index contributed by atoms with van der Waals surface area (Å²) in [5.74, 6) is 0.406. The molecule has 2 aromatic rings. The van der Waals surface area contributed by atoms with Gasteiger partial charge in [-0.1, -0.05) is 30.3 Å². The largest absolute Gasteiger partial charge is 0.497 e. The van der Waals surface area contributed by atoms with Crippen molar-refractivity contribution >= 4 is 17.5 Å². The van der Waals surface area contributed by atoms with Gasteiger partial charge in [0.2, 0.25) is 5.91 Å². The number of rotatable bonds is 3. The smallest absolute Gasteiger partial charge is 0.292 e. The second-order valence-corrected chi connectivity index (χ2v) is 6.63. The molecule has 5 heteroatoms. The van der Waals surface area contributed by atoms with Gasteiger partial charge < -0.3 is 9.64 Å². The maximum absolute atomic E-state index is 13.0. The molecule has 0 radical (unpaired) electrons. The Morgan fingerprint density at radius 3 is 2.68 bits per heavy atom. The maximum Gasteiger partial charge on any atom is 0.292 e. The minimum absolute atomic E-state index is 0.104. The van der Waals surface area contributed by atoms with E-state index in [-0.39, 0.29) is 24.3 Å². The zero-order valence-corrected chi connectivity index (χ0v) is 14.2. The van der Waals surface area contributed by atoms with Crippen LogP contribution in [0.3, 0.4) is 0 Å². The molecule has 4 rings (SSSR count). The van der Waals surface area contributed by atoms with Gasteiger partial charge in [-0.3, -0.25) is 9.59 Å². The van der Waals surface area contributed by atoms with Crippen molar-refractivity contribution in [1.29, 1.82) is 0 Å². The Labute approximate surface area is 146 Å². The SMILES string of the molecule is COc1cccc(N2C(=O)C[C@H]([NH+]3CCc4ccccc4C3)C2=O)c1. The summed E-state index contributed by atoms with van der Waals surface area (Å²) in [4.78, 5) is 28.0. The standard InChI is InChI=1S/C20H20N2O3/c1-25-17-8-4-7-16(11-17)22-19(23)12-18(20(22)24)21-10-9-14-5-2-3-6-15(14)13-21/h2-8,11,18H,9-10,12-13H2,1H3/p+1/t18-/m0/s1. The van der Waals surface area contributed by atoms with Gasteiger partial charge in [-0.05, 0) is 17.7 Å². The first-order chi connectivity index (χ1) is 12.2. The summed E-state index contributed by atoms with van der Waals surface area (Å²) >= 11 is 0. The van der Waals surface area contributed by atoms with E-state index < -0.39 is 0 Å². The van der Waals surface area contributed by atoms with E-state index in [1.54, 1.807) is 31.4 Å². The van der Waals surface area contributed by atoms with Crippen LogP contribution in [0, 0.1) is 0 Å². The molecule has 2 aliphatic rings. The van der Waals surface area contributed by atoms with Crippen LogP contribution in [0.1, 0.15) is 17.5 Å². The van der Waals surface area contributed by atoms with Crippen LogP contribution in [0.15, 0.2) is 48.5 Å². The first-order valence-corrected chi connectivity index (χ1v) is 8.59. The zero-order valence-electron chi connectivity index (χ0n) is 14.2. The first-order valence-electron chi connectivity index (χ1n) is 8.59. The van der Waals surface area contributed by atoms with Crippen LogP contribution in [0.2, 0.25) is 0 Å². The van der Waals surface area contributed by atoms with Gasteiger partial charge in [0.25, 0.3) is 5.91 Å². The Kier molecular flexibility index (Phi) is 4.01. The number of nitrogens with zero attached hydrogens (tertiary/aromatic N) is 1. The average Bonchev–Trinajstić information content (AvgIpc) is 2.95. The molecule has 2 atom stereocenters. The quantitative estimate of drug-likeness (QED) is 0.849. The number of amides is 2. The molecule has 1 fully saturated rings. The van der Waals surface area contributed by atoms with Gasteiger partial charge in [-0.2, -0.15) is 0 Å². The lowest BCUT2D eigenvalue weighted by atomic mass is 9.98. The van der Waals surface area contributed by atoms with Crippen molar-refractivity contribution in [3.63, 3.8) is 0 Å². The number of nitrogens with one attached hydrogen (secondary N) is 1. The highest BCUT2D eigenvalue weighted by molar-refractivity contribution is 6.21. The molecule has 0 aromatic heterocycles. The van der Waals surface area contributed by atoms with Crippen LogP contribution in [-0.2, 0) is 22.6 Å². The lowest BCUT2D eigenvalue weighted by Crippen LogP contribution is -3.16. The van der Waals surface area contributed by atoms with E-state index in [9.17, 15) is 9.59 Å². The van der Waals surface area contributed by atoms with Crippen molar-refractivity contribution in [2.45, 2.75) is 25.4 Å². The predicted octanol–water partition coefficient (Wildman–Crippen LogP) is 0.968. The second kappa shape index (κ2) is 6.33. The van der Waals surface area contributed by atoms with Crippen molar-refractivity contribution in [1.82, 2.24) is 0 Å². The van der Waals surface area contributed by atoms with Crippen LogP contribution in [0.25, 0.3) is 0 Å². The molecule has 128 valence electrons. The van der Waals surface area contributed by atoms with Crippen molar-refractivity contribution < 1.29 is 19.2 Å². The maximum atomic E-state index is 13.0. The number of carbonyl (C=O) groups excluding carboxylic acids is 2. The van der Waals surface area contributed by atoms with Crippen molar-refractivity contribution in [2.75, 3.05) is 18.6 Å². The first kappa shape index (κ1) is 15.8. The van der Waals surface area contributed by atoms with Gasteiger partial charge >= 0.3 is 0 Å². The molecule has 1 N–H and O–H groups in total. The number of hydrogen-bond donors (Lipinski definition) is 1. The zero-order chi connectivity index (χ0) is 17.4. The van der Waals surface area contributed by atoms with Gasteiger partial charge in [-0.25, -0.2) is 4.90 Å². The van der Waals surface area contributed by atoms with E-state index in [0.29, 0.717) is 11.4 Å². The molecule has 2 aliphatic heterocycles. The molecule has 2 aromatic carbocycles. The number of fused-ring (bicyclic) bond motifs is 1.